The van der Waals surface area contributed by atoms with E-state index in [0.717, 1.165) is 38.5 Å². The van der Waals surface area contributed by atoms with Gasteiger partial charge in [0.15, 0.2) is 5.78 Å². The van der Waals surface area contributed by atoms with Crippen LogP contribution in [0.3, 0.4) is 0 Å². The molecule has 3 heteroatoms. The molecule has 0 aliphatic carbocycles. The fraction of sp³-hybridized carbons (Fsp3) is 0.909. The zero-order valence-electron chi connectivity index (χ0n) is 9.06. The van der Waals surface area contributed by atoms with E-state index in [1.165, 1.54) is 0 Å². The average Bonchev–Trinajstić information content (AvgIpc) is 2.21. The van der Waals surface area contributed by atoms with Crippen LogP contribution in [0, 0.1) is 0 Å². The first-order valence-corrected chi connectivity index (χ1v) is 7.28. The van der Waals surface area contributed by atoms with E-state index in [9.17, 15) is 4.79 Å². The largest absolute Gasteiger partial charge is 0.297 e. The van der Waals surface area contributed by atoms with Gasteiger partial charge in [-0.2, -0.15) is 0 Å². The maximum Gasteiger partial charge on any atom is 0.160 e. The fourth-order valence-electron chi connectivity index (χ4n) is 1.25. The van der Waals surface area contributed by atoms with Crippen LogP contribution in [0.1, 0.15) is 52.4 Å². The maximum atomic E-state index is 11.8. The Morgan fingerprint density at radius 1 is 1.00 bits per heavy atom. The fourth-order valence-corrected chi connectivity index (χ4v) is 2.89. The second-order valence-electron chi connectivity index (χ2n) is 3.62. The van der Waals surface area contributed by atoms with Gasteiger partial charge in [-0.15, -0.1) is 0 Å². The summed E-state index contributed by atoms with van der Waals surface area (Å²) in [7, 11) is 0. The van der Waals surface area contributed by atoms with Crippen LogP contribution in [-0.2, 0) is 4.79 Å². The van der Waals surface area contributed by atoms with Gasteiger partial charge in [0.1, 0.15) is 0 Å². The van der Waals surface area contributed by atoms with Gasteiger partial charge in [0, 0.05) is 0 Å². The summed E-state index contributed by atoms with van der Waals surface area (Å²) in [6.45, 7) is 4.29. The Hall–Kier alpha value is 0.630. The van der Waals surface area contributed by atoms with Crippen molar-refractivity contribution < 1.29 is 4.79 Å². The monoisotopic (exact) mass is 326 g/mol. The number of Topliss-reactive ketones (excluding diaryl/α,β-unsaturated/α-hetero) is 1. The maximum absolute atomic E-state index is 11.8. The Labute approximate surface area is 104 Å². The first-order chi connectivity index (χ1) is 6.63. The number of carbonyl (C=O) groups is 1. The molecule has 0 fully saturated rings. The number of ketones is 1. The lowest BCUT2D eigenvalue weighted by molar-refractivity contribution is -0.118. The Balaban J connectivity index is 3.78. The lowest BCUT2D eigenvalue weighted by Crippen LogP contribution is -2.23. The molecule has 84 valence electrons. The molecule has 0 rings (SSSR count). The van der Waals surface area contributed by atoms with E-state index >= 15 is 0 Å². The summed E-state index contributed by atoms with van der Waals surface area (Å²) < 4.78 is 0. The van der Waals surface area contributed by atoms with E-state index in [4.69, 9.17) is 0 Å². The van der Waals surface area contributed by atoms with Gasteiger partial charge in [-0.25, -0.2) is 0 Å². The van der Waals surface area contributed by atoms with Gasteiger partial charge < -0.3 is 0 Å². The molecule has 0 radical (unpaired) electrons. The van der Waals surface area contributed by atoms with Gasteiger partial charge in [0.25, 0.3) is 0 Å². The van der Waals surface area contributed by atoms with E-state index < -0.39 is 0 Å². The average molecular weight is 328 g/mol. The topological polar surface area (TPSA) is 17.1 Å². The minimum atomic E-state index is 0.0451. The zero-order valence-corrected chi connectivity index (χ0v) is 12.2. The van der Waals surface area contributed by atoms with Gasteiger partial charge in [-0.05, 0) is 12.8 Å². The SMILES string of the molecule is CCCCC(Br)C(=O)C(Br)CCCC. The normalized spacial score (nSPS) is 15.1. The van der Waals surface area contributed by atoms with Crippen molar-refractivity contribution in [1.29, 1.82) is 0 Å². The van der Waals surface area contributed by atoms with Crippen molar-refractivity contribution in [2.75, 3.05) is 0 Å². The second-order valence-corrected chi connectivity index (χ2v) is 5.83. The number of alkyl halides is 2. The molecule has 0 bridgehead atoms. The standard InChI is InChI=1S/C11H20Br2O/c1-3-5-7-9(12)11(14)10(13)8-6-4-2/h9-10H,3-8H2,1-2H3. The van der Waals surface area contributed by atoms with Crippen LogP contribution in [0.15, 0.2) is 0 Å². The van der Waals surface area contributed by atoms with Gasteiger partial charge in [0.2, 0.25) is 0 Å². The number of rotatable bonds is 8. The van der Waals surface area contributed by atoms with Crippen molar-refractivity contribution in [3.05, 3.63) is 0 Å². The molecule has 2 unspecified atom stereocenters. The Morgan fingerprint density at radius 3 is 1.64 bits per heavy atom. The third-order valence-electron chi connectivity index (χ3n) is 2.24. The Bertz CT molecular complexity index is 143. The first-order valence-electron chi connectivity index (χ1n) is 5.45. The number of carbonyl (C=O) groups excluding carboxylic acids is 1. The molecule has 0 amide bonds. The molecule has 0 aromatic rings. The highest BCUT2D eigenvalue weighted by molar-refractivity contribution is 9.10. The molecule has 0 heterocycles. The van der Waals surface area contributed by atoms with Crippen LogP contribution in [0.25, 0.3) is 0 Å². The van der Waals surface area contributed by atoms with Crippen molar-refractivity contribution in [2.24, 2.45) is 0 Å². The van der Waals surface area contributed by atoms with Gasteiger partial charge >= 0.3 is 0 Å². The highest BCUT2D eigenvalue weighted by Crippen LogP contribution is 2.19. The summed E-state index contributed by atoms with van der Waals surface area (Å²) in [6, 6.07) is 0. The van der Waals surface area contributed by atoms with Gasteiger partial charge in [0.05, 0.1) is 9.65 Å². The number of hydrogen-bond donors (Lipinski definition) is 0. The van der Waals surface area contributed by atoms with E-state index in [1.54, 1.807) is 0 Å². The van der Waals surface area contributed by atoms with Crippen LogP contribution >= 0.6 is 31.9 Å². The van der Waals surface area contributed by atoms with Crippen molar-refractivity contribution >= 4 is 37.6 Å². The number of unbranched alkanes of at least 4 members (excludes halogenated alkanes) is 2. The van der Waals surface area contributed by atoms with E-state index in [0.29, 0.717) is 5.78 Å². The van der Waals surface area contributed by atoms with Crippen molar-refractivity contribution in [3.8, 4) is 0 Å². The van der Waals surface area contributed by atoms with Gasteiger partial charge in [-0.1, -0.05) is 71.4 Å². The predicted octanol–water partition coefficient (Wildman–Crippen LogP) is 4.46. The quantitative estimate of drug-likeness (QED) is 0.601. The summed E-state index contributed by atoms with van der Waals surface area (Å²) in [6.07, 6.45) is 6.46. The molecule has 0 saturated heterocycles. The molecule has 0 saturated carbocycles. The van der Waals surface area contributed by atoms with E-state index in [2.05, 4.69) is 45.7 Å². The highest BCUT2D eigenvalue weighted by Gasteiger charge is 2.21. The van der Waals surface area contributed by atoms with Crippen molar-refractivity contribution in [2.45, 2.75) is 62.0 Å². The molecule has 14 heavy (non-hydrogen) atoms. The summed E-state index contributed by atoms with van der Waals surface area (Å²) in [5.74, 6) is 0.312. The second kappa shape index (κ2) is 8.90. The molecule has 0 aromatic carbocycles. The molecular weight excluding hydrogens is 308 g/mol. The third-order valence-corrected chi connectivity index (χ3v) is 4.06. The lowest BCUT2D eigenvalue weighted by Gasteiger charge is -2.12. The summed E-state index contributed by atoms with van der Waals surface area (Å²) >= 11 is 6.91. The van der Waals surface area contributed by atoms with Crippen molar-refractivity contribution in [3.63, 3.8) is 0 Å². The van der Waals surface area contributed by atoms with Crippen molar-refractivity contribution in [1.82, 2.24) is 0 Å². The van der Waals surface area contributed by atoms with Crippen LogP contribution in [0.5, 0.6) is 0 Å². The number of hydrogen-bond acceptors (Lipinski definition) is 1. The summed E-state index contributed by atoms with van der Waals surface area (Å²) in [5.41, 5.74) is 0. The molecule has 2 atom stereocenters. The molecule has 0 aliphatic rings. The van der Waals surface area contributed by atoms with E-state index in [-0.39, 0.29) is 9.65 Å². The Kier molecular flexibility index (Phi) is 9.30. The summed E-state index contributed by atoms with van der Waals surface area (Å²) in [5, 5.41) is 0. The van der Waals surface area contributed by atoms with Crippen LogP contribution < -0.4 is 0 Å². The molecule has 1 nitrogen and oxygen atoms in total. The predicted molar refractivity (Wildman–Crippen MR) is 69.5 cm³/mol. The van der Waals surface area contributed by atoms with E-state index in [1.807, 2.05) is 0 Å². The highest BCUT2D eigenvalue weighted by atomic mass is 79.9. The molecule has 0 spiro atoms. The van der Waals surface area contributed by atoms with Crippen LogP contribution in [0.2, 0.25) is 0 Å². The molecular formula is C11H20Br2O. The summed E-state index contributed by atoms with van der Waals surface area (Å²) in [4.78, 5) is 11.9. The van der Waals surface area contributed by atoms with Crippen LogP contribution in [0.4, 0.5) is 0 Å². The minimum Gasteiger partial charge on any atom is -0.297 e. The van der Waals surface area contributed by atoms with Crippen LogP contribution in [-0.4, -0.2) is 15.4 Å². The third kappa shape index (κ3) is 6.18. The smallest absolute Gasteiger partial charge is 0.160 e. The minimum absolute atomic E-state index is 0.0451. The molecule has 0 N–H and O–H groups in total. The first kappa shape index (κ1) is 14.6. The van der Waals surface area contributed by atoms with Gasteiger partial charge in [-0.3, -0.25) is 4.79 Å². The Morgan fingerprint density at radius 2 is 1.36 bits per heavy atom. The molecule has 0 aliphatic heterocycles. The lowest BCUT2D eigenvalue weighted by atomic mass is 10.1. The number of halogens is 2. The molecule has 0 aromatic heterocycles. The zero-order chi connectivity index (χ0) is 11.0.